The topological polar surface area (TPSA) is 12.0 Å². The molecule has 1 aliphatic carbocycles. The summed E-state index contributed by atoms with van der Waals surface area (Å²) in [5.74, 6) is 0.808. The van der Waals surface area contributed by atoms with Gasteiger partial charge in [-0.25, -0.2) is 0 Å². The van der Waals surface area contributed by atoms with E-state index in [0.29, 0.717) is 0 Å². The molecule has 0 amide bonds. The molecule has 1 nitrogen and oxygen atoms in total. The highest BCUT2D eigenvalue weighted by atomic mass is 14.9. The van der Waals surface area contributed by atoms with Crippen LogP contribution < -0.4 is 5.32 Å². The molecule has 0 heterocycles. The fourth-order valence-corrected chi connectivity index (χ4v) is 1.26. The van der Waals surface area contributed by atoms with Crippen LogP contribution in [0.3, 0.4) is 0 Å². The highest BCUT2D eigenvalue weighted by molar-refractivity contribution is 5.04. The zero-order valence-corrected chi connectivity index (χ0v) is 6.28. The fraction of sp³-hybridized carbons (Fsp3) is 0.750. The van der Waals surface area contributed by atoms with Crippen LogP contribution in [0.1, 0.15) is 19.8 Å². The van der Waals surface area contributed by atoms with Crippen molar-refractivity contribution in [2.75, 3.05) is 7.05 Å². The van der Waals surface area contributed by atoms with Gasteiger partial charge in [0, 0.05) is 6.04 Å². The SMILES string of the molecule is C=C(C)C1CC(NC)C1. The van der Waals surface area contributed by atoms with Gasteiger partial charge in [0.15, 0.2) is 0 Å². The van der Waals surface area contributed by atoms with Crippen LogP contribution in [-0.2, 0) is 0 Å². The van der Waals surface area contributed by atoms with Gasteiger partial charge < -0.3 is 5.32 Å². The first-order valence-electron chi connectivity index (χ1n) is 3.56. The monoisotopic (exact) mass is 125 g/mol. The van der Waals surface area contributed by atoms with Crippen molar-refractivity contribution >= 4 is 0 Å². The predicted molar refractivity (Wildman–Crippen MR) is 40.4 cm³/mol. The van der Waals surface area contributed by atoms with Gasteiger partial charge in [0.25, 0.3) is 0 Å². The summed E-state index contributed by atoms with van der Waals surface area (Å²) in [6.45, 7) is 6.04. The lowest BCUT2D eigenvalue weighted by Crippen LogP contribution is -2.39. The Hall–Kier alpha value is -0.300. The number of hydrogen-bond acceptors (Lipinski definition) is 1. The van der Waals surface area contributed by atoms with E-state index in [2.05, 4.69) is 18.8 Å². The number of allylic oxidation sites excluding steroid dienone is 1. The lowest BCUT2D eigenvalue weighted by atomic mass is 9.77. The molecule has 0 atom stereocenters. The standard InChI is InChI=1S/C8H15N/c1-6(2)7-4-8(5-7)9-3/h7-9H,1,4-5H2,2-3H3. The van der Waals surface area contributed by atoms with E-state index in [0.717, 1.165) is 12.0 Å². The molecule has 1 rings (SSSR count). The van der Waals surface area contributed by atoms with E-state index in [1.165, 1.54) is 18.4 Å². The molecule has 1 fully saturated rings. The molecule has 9 heavy (non-hydrogen) atoms. The molecule has 1 heteroatoms. The average Bonchev–Trinajstić information content (AvgIpc) is 1.61. The van der Waals surface area contributed by atoms with Crippen molar-refractivity contribution in [1.82, 2.24) is 5.32 Å². The summed E-state index contributed by atoms with van der Waals surface area (Å²) in [5.41, 5.74) is 1.35. The van der Waals surface area contributed by atoms with Crippen molar-refractivity contribution in [1.29, 1.82) is 0 Å². The van der Waals surface area contributed by atoms with Crippen LogP contribution in [0.2, 0.25) is 0 Å². The first-order chi connectivity index (χ1) is 4.24. The summed E-state index contributed by atoms with van der Waals surface area (Å²) in [7, 11) is 2.03. The third-order valence-electron chi connectivity index (χ3n) is 2.24. The Morgan fingerprint density at radius 3 is 2.44 bits per heavy atom. The van der Waals surface area contributed by atoms with Crippen LogP contribution in [0.25, 0.3) is 0 Å². The van der Waals surface area contributed by atoms with E-state index in [-0.39, 0.29) is 0 Å². The molecule has 0 aliphatic heterocycles. The Kier molecular flexibility index (Phi) is 1.91. The second kappa shape index (κ2) is 2.53. The quantitative estimate of drug-likeness (QED) is 0.552. The van der Waals surface area contributed by atoms with Gasteiger partial charge in [-0.3, -0.25) is 0 Å². The highest BCUT2D eigenvalue weighted by Gasteiger charge is 2.27. The van der Waals surface area contributed by atoms with Gasteiger partial charge in [0.1, 0.15) is 0 Å². The molecule has 1 aliphatic rings. The maximum atomic E-state index is 3.92. The summed E-state index contributed by atoms with van der Waals surface area (Å²) in [5, 5.41) is 3.25. The van der Waals surface area contributed by atoms with Gasteiger partial charge in [-0.15, -0.1) is 0 Å². The summed E-state index contributed by atoms with van der Waals surface area (Å²) in [6.07, 6.45) is 2.59. The number of nitrogens with one attached hydrogen (secondary N) is 1. The molecule has 1 saturated carbocycles. The van der Waals surface area contributed by atoms with Crippen LogP contribution in [0.5, 0.6) is 0 Å². The largest absolute Gasteiger partial charge is 0.317 e. The first kappa shape index (κ1) is 6.81. The molecule has 52 valence electrons. The first-order valence-corrected chi connectivity index (χ1v) is 3.56. The van der Waals surface area contributed by atoms with Crippen molar-refractivity contribution in [3.05, 3.63) is 12.2 Å². The maximum absolute atomic E-state index is 3.92. The third-order valence-corrected chi connectivity index (χ3v) is 2.24. The molecule has 0 aromatic heterocycles. The Morgan fingerprint density at radius 2 is 2.11 bits per heavy atom. The second-order valence-corrected chi connectivity index (χ2v) is 3.00. The summed E-state index contributed by atoms with van der Waals surface area (Å²) >= 11 is 0. The van der Waals surface area contributed by atoms with Crippen molar-refractivity contribution in [3.63, 3.8) is 0 Å². The van der Waals surface area contributed by atoms with Crippen LogP contribution in [0.4, 0.5) is 0 Å². The molecule has 0 spiro atoms. The van der Waals surface area contributed by atoms with Gasteiger partial charge in [0.05, 0.1) is 0 Å². The highest BCUT2D eigenvalue weighted by Crippen LogP contribution is 2.31. The van der Waals surface area contributed by atoms with Gasteiger partial charge in [-0.1, -0.05) is 12.2 Å². The van der Waals surface area contributed by atoms with Crippen molar-refractivity contribution < 1.29 is 0 Å². The van der Waals surface area contributed by atoms with Gasteiger partial charge in [-0.05, 0) is 32.7 Å². The Balaban J connectivity index is 2.19. The molecule has 0 aromatic carbocycles. The van der Waals surface area contributed by atoms with Crippen molar-refractivity contribution in [2.45, 2.75) is 25.8 Å². The minimum Gasteiger partial charge on any atom is -0.317 e. The molecular weight excluding hydrogens is 110 g/mol. The Labute approximate surface area is 57.1 Å². The Bertz CT molecular complexity index is 112. The normalized spacial score (nSPS) is 33.6. The minimum atomic E-state index is 0.770. The van der Waals surface area contributed by atoms with E-state index < -0.39 is 0 Å². The second-order valence-electron chi connectivity index (χ2n) is 3.00. The molecular formula is C8H15N. The van der Waals surface area contributed by atoms with Gasteiger partial charge in [0.2, 0.25) is 0 Å². The van der Waals surface area contributed by atoms with E-state index in [1.54, 1.807) is 0 Å². The predicted octanol–water partition coefficient (Wildman–Crippen LogP) is 1.56. The molecule has 0 bridgehead atoms. The van der Waals surface area contributed by atoms with Crippen LogP contribution in [0, 0.1) is 5.92 Å². The average molecular weight is 125 g/mol. The van der Waals surface area contributed by atoms with E-state index in [9.17, 15) is 0 Å². The molecule has 1 N–H and O–H groups in total. The van der Waals surface area contributed by atoms with E-state index >= 15 is 0 Å². The minimum absolute atomic E-state index is 0.770. The summed E-state index contributed by atoms with van der Waals surface area (Å²) < 4.78 is 0. The van der Waals surface area contributed by atoms with Crippen LogP contribution in [0.15, 0.2) is 12.2 Å². The molecule has 0 radical (unpaired) electrons. The van der Waals surface area contributed by atoms with E-state index in [4.69, 9.17) is 0 Å². The molecule has 0 aromatic rings. The lowest BCUT2D eigenvalue weighted by Gasteiger charge is -2.35. The molecule has 0 saturated heterocycles. The van der Waals surface area contributed by atoms with Crippen LogP contribution in [-0.4, -0.2) is 13.1 Å². The van der Waals surface area contributed by atoms with Crippen molar-refractivity contribution in [3.8, 4) is 0 Å². The fourth-order valence-electron chi connectivity index (χ4n) is 1.26. The lowest BCUT2D eigenvalue weighted by molar-refractivity contribution is 0.270. The van der Waals surface area contributed by atoms with Crippen molar-refractivity contribution in [2.24, 2.45) is 5.92 Å². The van der Waals surface area contributed by atoms with Gasteiger partial charge in [-0.2, -0.15) is 0 Å². The zero-order chi connectivity index (χ0) is 6.85. The summed E-state index contributed by atoms with van der Waals surface area (Å²) in [6, 6.07) is 0.770. The Morgan fingerprint density at radius 1 is 1.56 bits per heavy atom. The maximum Gasteiger partial charge on any atom is 0.00754 e. The van der Waals surface area contributed by atoms with Crippen LogP contribution >= 0.6 is 0 Å². The van der Waals surface area contributed by atoms with Gasteiger partial charge >= 0.3 is 0 Å². The number of rotatable bonds is 2. The smallest absolute Gasteiger partial charge is 0.00754 e. The zero-order valence-electron chi connectivity index (χ0n) is 6.28. The third kappa shape index (κ3) is 1.33. The summed E-state index contributed by atoms with van der Waals surface area (Å²) in [4.78, 5) is 0. The number of hydrogen-bond donors (Lipinski definition) is 1. The van der Waals surface area contributed by atoms with E-state index in [1.807, 2.05) is 7.05 Å². The molecule has 0 unspecified atom stereocenters.